The Balaban J connectivity index is 2.57. The lowest BCUT2D eigenvalue weighted by molar-refractivity contribution is 0.415. The first-order valence-corrected chi connectivity index (χ1v) is 6.09. The molecule has 0 N–H and O–H groups in total. The topological polar surface area (TPSA) is 9.23 Å². The Morgan fingerprint density at radius 3 is 2.61 bits per heavy atom. The number of benzene rings is 2. The molecule has 0 unspecified atom stereocenters. The Morgan fingerprint density at radius 2 is 1.94 bits per heavy atom. The zero-order chi connectivity index (χ0) is 13.1. The number of aryl methyl sites for hydroxylation is 1. The van der Waals surface area contributed by atoms with Crippen LogP contribution in [-0.4, -0.2) is 7.11 Å². The average Bonchev–Trinajstić information content (AvgIpc) is 2.39. The largest absolute Gasteiger partial charge is 0.497 e. The van der Waals surface area contributed by atoms with E-state index in [-0.39, 0.29) is 5.82 Å². The van der Waals surface area contributed by atoms with E-state index in [4.69, 9.17) is 4.74 Å². The van der Waals surface area contributed by atoms with E-state index in [0.29, 0.717) is 12.0 Å². The van der Waals surface area contributed by atoms with Gasteiger partial charge in [0.15, 0.2) is 0 Å². The molecular formula is C16H17FO. The summed E-state index contributed by atoms with van der Waals surface area (Å²) in [6.45, 7) is 3.91. The van der Waals surface area contributed by atoms with E-state index in [1.165, 1.54) is 0 Å². The Labute approximate surface area is 107 Å². The van der Waals surface area contributed by atoms with Crippen LogP contribution in [0.3, 0.4) is 0 Å². The van der Waals surface area contributed by atoms with E-state index in [2.05, 4.69) is 0 Å². The molecule has 0 atom stereocenters. The molecule has 2 rings (SSSR count). The van der Waals surface area contributed by atoms with Gasteiger partial charge in [-0.15, -0.1) is 0 Å². The first kappa shape index (κ1) is 12.6. The minimum atomic E-state index is -0.120. The molecule has 2 aromatic carbocycles. The molecule has 0 radical (unpaired) electrons. The van der Waals surface area contributed by atoms with Crippen molar-refractivity contribution < 1.29 is 9.13 Å². The van der Waals surface area contributed by atoms with Gasteiger partial charge in [-0.2, -0.15) is 0 Å². The predicted octanol–water partition coefficient (Wildman–Crippen LogP) is 4.37. The van der Waals surface area contributed by atoms with E-state index >= 15 is 0 Å². The third-order valence-corrected chi connectivity index (χ3v) is 3.21. The van der Waals surface area contributed by atoms with Crippen molar-refractivity contribution in [2.75, 3.05) is 7.11 Å². The Morgan fingerprint density at radius 1 is 1.17 bits per heavy atom. The van der Waals surface area contributed by atoms with Crippen LogP contribution in [0.1, 0.15) is 18.1 Å². The summed E-state index contributed by atoms with van der Waals surface area (Å²) in [6.07, 6.45) is 0.704. The quantitative estimate of drug-likeness (QED) is 0.779. The smallest absolute Gasteiger partial charge is 0.134 e. The van der Waals surface area contributed by atoms with Gasteiger partial charge in [0.1, 0.15) is 11.6 Å². The van der Waals surface area contributed by atoms with Crippen LogP contribution in [0.5, 0.6) is 5.75 Å². The summed E-state index contributed by atoms with van der Waals surface area (Å²) >= 11 is 0. The lowest BCUT2D eigenvalue weighted by atomic mass is 9.97. The van der Waals surface area contributed by atoms with Crippen LogP contribution in [0.25, 0.3) is 11.1 Å². The fourth-order valence-electron chi connectivity index (χ4n) is 2.17. The SMILES string of the molecule is CCc1c(C)ccc(-c2cccc(OC)c2)c1F. The van der Waals surface area contributed by atoms with Gasteiger partial charge in [0.25, 0.3) is 0 Å². The molecule has 0 aliphatic carbocycles. The molecule has 0 aliphatic heterocycles. The van der Waals surface area contributed by atoms with Crippen molar-refractivity contribution in [1.82, 2.24) is 0 Å². The van der Waals surface area contributed by atoms with Gasteiger partial charge in [-0.1, -0.05) is 31.2 Å². The van der Waals surface area contributed by atoms with Crippen molar-refractivity contribution in [3.63, 3.8) is 0 Å². The van der Waals surface area contributed by atoms with E-state index in [9.17, 15) is 4.39 Å². The fourth-order valence-corrected chi connectivity index (χ4v) is 2.17. The van der Waals surface area contributed by atoms with Crippen LogP contribution in [0.4, 0.5) is 4.39 Å². The fraction of sp³-hybridized carbons (Fsp3) is 0.250. The van der Waals surface area contributed by atoms with E-state index in [0.717, 1.165) is 22.4 Å². The van der Waals surface area contributed by atoms with Gasteiger partial charge in [-0.25, -0.2) is 4.39 Å². The molecule has 2 heteroatoms. The summed E-state index contributed by atoms with van der Waals surface area (Å²) in [5.41, 5.74) is 3.27. The second kappa shape index (κ2) is 5.21. The van der Waals surface area contributed by atoms with Crippen LogP contribution in [0.15, 0.2) is 36.4 Å². The van der Waals surface area contributed by atoms with Gasteiger partial charge in [0.05, 0.1) is 7.11 Å². The molecule has 2 aromatic rings. The number of halogens is 1. The lowest BCUT2D eigenvalue weighted by Gasteiger charge is -2.11. The van der Waals surface area contributed by atoms with Gasteiger partial charge < -0.3 is 4.74 Å². The first-order chi connectivity index (χ1) is 8.67. The Bertz CT molecular complexity index is 561. The number of methoxy groups -OCH3 is 1. The third-order valence-electron chi connectivity index (χ3n) is 3.21. The normalized spacial score (nSPS) is 10.4. The number of hydrogen-bond donors (Lipinski definition) is 0. The van der Waals surface area contributed by atoms with Crippen molar-refractivity contribution >= 4 is 0 Å². The van der Waals surface area contributed by atoms with Gasteiger partial charge in [-0.3, -0.25) is 0 Å². The lowest BCUT2D eigenvalue weighted by Crippen LogP contribution is -1.96. The van der Waals surface area contributed by atoms with Gasteiger partial charge in [0.2, 0.25) is 0 Å². The summed E-state index contributed by atoms with van der Waals surface area (Å²) in [5, 5.41) is 0. The van der Waals surface area contributed by atoms with Gasteiger partial charge in [0, 0.05) is 5.56 Å². The van der Waals surface area contributed by atoms with Crippen LogP contribution in [-0.2, 0) is 6.42 Å². The van der Waals surface area contributed by atoms with Crippen molar-refractivity contribution in [3.05, 3.63) is 53.3 Å². The third kappa shape index (κ3) is 2.23. The van der Waals surface area contributed by atoms with E-state index in [1.807, 2.05) is 50.2 Å². The molecule has 0 saturated heterocycles. The summed E-state index contributed by atoms with van der Waals surface area (Å²) in [7, 11) is 1.61. The minimum Gasteiger partial charge on any atom is -0.497 e. The predicted molar refractivity (Wildman–Crippen MR) is 72.5 cm³/mol. The maximum Gasteiger partial charge on any atom is 0.134 e. The maximum atomic E-state index is 14.4. The van der Waals surface area contributed by atoms with Crippen LogP contribution >= 0.6 is 0 Å². The highest BCUT2D eigenvalue weighted by Gasteiger charge is 2.11. The molecule has 0 aliphatic rings. The number of hydrogen-bond acceptors (Lipinski definition) is 1. The van der Waals surface area contributed by atoms with Gasteiger partial charge in [-0.05, 0) is 42.2 Å². The standard InChI is InChI=1S/C16H17FO/c1-4-14-11(2)8-9-15(16(14)17)12-6-5-7-13(10-12)18-3/h5-10H,4H2,1-3H3. The molecule has 0 aromatic heterocycles. The zero-order valence-electron chi connectivity index (χ0n) is 11.0. The summed E-state index contributed by atoms with van der Waals surface area (Å²) in [4.78, 5) is 0. The monoisotopic (exact) mass is 244 g/mol. The van der Waals surface area contributed by atoms with E-state index in [1.54, 1.807) is 7.11 Å². The van der Waals surface area contributed by atoms with Crippen molar-refractivity contribution in [3.8, 4) is 16.9 Å². The summed E-state index contributed by atoms with van der Waals surface area (Å²) < 4.78 is 19.6. The van der Waals surface area contributed by atoms with E-state index < -0.39 is 0 Å². The second-order valence-electron chi connectivity index (χ2n) is 4.31. The average molecular weight is 244 g/mol. The highest BCUT2D eigenvalue weighted by atomic mass is 19.1. The molecule has 0 fully saturated rings. The molecule has 1 nitrogen and oxygen atoms in total. The number of ether oxygens (including phenoxy) is 1. The molecule has 0 spiro atoms. The van der Waals surface area contributed by atoms with Crippen LogP contribution in [0.2, 0.25) is 0 Å². The number of rotatable bonds is 3. The molecule has 94 valence electrons. The van der Waals surface area contributed by atoms with Crippen LogP contribution in [0, 0.1) is 12.7 Å². The molecule has 18 heavy (non-hydrogen) atoms. The van der Waals surface area contributed by atoms with Crippen molar-refractivity contribution in [2.45, 2.75) is 20.3 Å². The molecular weight excluding hydrogens is 227 g/mol. The zero-order valence-corrected chi connectivity index (χ0v) is 11.0. The first-order valence-electron chi connectivity index (χ1n) is 6.09. The second-order valence-corrected chi connectivity index (χ2v) is 4.31. The minimum absolute atomic E-state index is 0.120. The molecule has 0 amide bonds. The van der Waals surface area contributed by atoms with Crippen molar-refractivity contribution in [2.24, 2.45) is 0 Å². The maximum absolute atomic E-state index is 14.4. The summed E-state index contributed by atoms with van der Waals surface area (Å²) in [6, 6.07) is 11.3. The Hall–Kier alpha value is -1.83. The molecule has 0 bridgehead atoms. The van der Waals surface area contributed by atoms with Gasteiger partial charge >= 0.3 is 0 Å². The highest BCUT2D eigenvalue weighted by molar-refractivity contribution is 5.67. The molecule has 0 heterocycles. The Kier molecular flexibility index (Phi) is 3.66. The molecule has 0 saturated carbocycles. The highest BCUT2D eigenvalue weighted by Crippen LogP contribution is 2.29. The van der Waals surface area contributed by atoms with Crippen molar-refractivity contribution in [1.29, 1.82) is 0 Å². The van der Waals surface area contributed by atoms with Crippen LogP contribution < -0.4 is 4.74 Å². The summed E-state index contributed by atoms with van der Waals surface area (Å²) in [5.74, 6) is 0.622.